The molecule has 0 bridgehead atoms. The van der Waals surface area contributed by atoms with Gasteiger partial charge in [0.1, 0.15) is 0 Å². The van der Waals surface area contributed by atoms with Crippen molar-refractivity contribution in [2.24, 2.45) is 5.92 Å². The van der Waals surface area contributed by atoms with E-state index in [0.29, 0.717) is 5.92 Å². The maximum absolute atomic E-state index is 9.57. The summed E-state index contributed by atoms with van der Waals surface area (Å²) in [4.78, 5) is 1.36. The SMILES string of the molecule is OC1CCCC(CNCc2ccc(Br)s2)C1. The summed E-state index contributed by atoms with van der Waals surface area (Å²) in [6.07, 6.45) is 4.35. The predicted molar refractivity (Wildman–Crippen MR) is 71.7 cm³/mol. The van der Waals surface area contributed by atoms with Crippen molar-refractivity contribution in [3.8, 4) is 0 Å². The molecule has 1 aromatic heterocycles. The minimum atomic E-state index is -0.0589. The normalized spacial score (nSPS) is 25.9. The highest BCUT2D eigenvalue weighted by Gasteiger charge is 2.19. The summed E-state index contributed by atoms with van der Waals surface area (Å²) < 4.78 is 1.19. The molecule has 2 unspecified atom stereocenters. The van der Waals surface area contributed by atoms with E-state index in [1.165, 1.54) is 21.5 Å². The van der Waals surface area contributed by atoms with Crippen LogP contribution in [0.3, 0.4) is 0 Å². The summed E-state index contributed by atoms with van der Waals surface area (Å²) in [5.41, 5.74) is 0. The molecule has 1 heterocycles. The van der Waals surface area contributed by atoms with Crippen LogP contribution >= 0.6 is 27.3 Å². The molecule has 90 valence electrons. The van der Waals surface area contributed by atoms with E-state index < -0.39 is 0 Å². The average Bonchev–Trinajstić information content (AvgIpc) is 2.64. The van der Waals surface area contributed by atoms with Crippen molar-refractivity contribution in [3.63, 3.8) is 0 Å². The van der Waals surface area contributed by atoms with Gasteiger partial charge in [-0.3, -0.25) is 0 Å². The summed E-state index contributed by atoms with van der Waals surface area (Å²) >= 11 is 5.25. The van der Waals surface area contributed by atoms with Crippen molar-refractivity contribution in [3.05, 3.63) is 20.8 Å². The van der Waals surface area contributed by atoms with E-state index in [4.69, 9.17) is 0 Å². The third-order valence-corrected chi connectivity index (χ3v) is 4.74. The molecule has 16 heavy (non-hydrogen) atoms. The van der Waals surface area contributed by atoms with Gasteiger partial charge in [-0.1, -0.05) is 6.42 Å². The minimum absolute atomic E-state index is 0.0589. The third kappa shape index (κ3) is 3.84. The second kappa shape index (κ2) is 6.15. The first kappa shape index (κ1) is 12.6. The number of rotatable bonds is 4. The molecular weight excluding hydrogens is 286 g/mol. The van der Waals surface area contributed by atoms with Crippen LogP contribution in [0.25, 0.3) is 0 Å². The van der Waals surface area contributed by atoms with E-state index in [2.05, 4.69) is 33.4 Å². The molecule has 0 aromatic carbocycles. The van der Waals surface area contributed by atoms with Crippen molar-refractivity contribution in [1.82, 2.24) is 5.32 Å². The molecule has 0 saturated heterocycles. The first-order valence-electron chi connectivity index (χ1n) is 5.87. The molecule has 2 N–H and O–H groups in total. The molecule has 1 saturated carbocycles. The summed E-state index contributed by atoms with van der Waals surface area (Å²) in [6, 6.07) is 4.24. The maximum atomic E-state index is 9.57. The van der Waals surface area contributed by atoms with E-state index >= 15 is 0 Å². The van der Waals surface area contributed by atoms with Gasteiger partial charge in [0.2, 0.25) is 0 Å². The van der Waals surface area contributed by atoms with E-state index in [0.717, 1.165) is 25.9 Å². The lowest BCUT2D eigenvalue weighted by Crippen LogP contribution is -2.28. The van der Waals surface area contributed by atoms with Gasteiger partial charge in [-0.2, -0.15) is 0 Å². The molecule has 2 rings (SSSR count). The summed E-state index contributed by atoms with van der Waals surface area (Å²) in [5.74, 6) is 0.659. The van der Waals surface area contributed by atoms with Gasteiger partial charge in [-0.05, 0) is 59.8 Å². The van der Waals surface area contributed by atoms with Crippen LogP contribution in [-0.4, -0.2) is 17.8 Å². The van der Waals surface area contributed by atoms with Crippen LogP contribution in [0.15, 0.2) is 15.9 Å². The largest absolute Gasteiger partial charge is 0.393 e. The second-order valence-corrected chi connectivity index (χ2v) is 7.07. The Bertz CT molecular complexity index is 329. The van der Waals surface area contributed by atoms with Gasteiger partial charge in [0.15, 0.2) is 0 Å². The fourth-order valence-corrected chi connectivity index (χ4v) is 3.75. The molecule has 1 fully saturated rings. The first-order valence-corrected chi connectivity index (χ1v) is 7.48. The fourth-order valence-electron chi connectivity index (χ4n) is 2.29. The number of aliphatic hydroxyl groups is 1. The Kier molecular flexibility index (Phi) is 4.82. The lowest BCUT2D eigenvalue weighted by molar-refractivity contribution is 0.101. The van der Waals surface area contributed by atoms with E-state index in [9.17, 15) is 5.11 Å². The Morgan fingerprint density at radius 2 is 2.31 bits per heavy atom. The Hall–Kier alpha value is 0.1000. The Labute approximate surface area is 109 Å². The van der Waals surface area contributed by atoms with Crippen molar-refractivity contribution in [1.29, 1.82) is 0 Å². The molecule has 1 aromatic rings. The zero-order valence-corrected chi connectivity index (χ0v) is 11.7. The van der Waals surface area contributed by atoms with Crippen LogP contribution in [-0.2, 0) is 6.54 Å². The van der Waals surface area contributed by atoms with E-state index in [-0.39, 0.29) is 6.10 Å². The van der Waals surface area contributed by atoms with E-state index in [1.54, 1.807) is 11.3 Å². The average molecular weight is 304 g/mol. The molecule has 2 atom stereocenters. The van der Waals surface area contributed by atoms with Gasteiger partial charge in [0.25, 0.3) is 0 Å². The number of nitrogens with one attached hydrogen (secondary N) is 1. The number of hydrogen-bond acceptors (Lipinski definition) is 3. The van der Waals surface area contributed by atoms with Crippen molar-refractivity contribution in [2.75, 3.05) is 6.54 Å². The van der Waals surface area contributed by atoms with Crippen molar-refractivity contribution in [2.45, 2.75) is 38.3 Å². The second-order valence-electron chi connectivity index (χ2n) is 4.52. The number of halogens is 1. The summed E-state index contributed by atoms with van der Waals surface area (Å²) in [5, 5.41) is 13.1. The highest BCUT2D eigenvalue weighted by atomic mass is 79.9. The van der Waals surface area contributed by atoms with Crippen LogP contribution in [0.4, 0.5) is 0 Å². The Morgan fingerprint density at radius 3 is 3.00 bits per heavy atom. The number of thiophene rings is 1. The molecule has 1 aliphatic rings. The molecule has 0 amide bonds. The molecule has 0 radical (unpaired) electrons. The van der Waals surface area contributed by atoms with Gasteiger partial charge in [0.05, 0.1) is 9.89 Å². The quantitative estimate of drug-likeness (QED) is 0.895. The molecule has 1 aliphatic carbocycles. The van der Waals surface area contributed by atoms with Gasteiger partial charge in [0, 0.05) is 11.4 Å². The molecule has 4 heteroatoms. The van der Waals surface area contributed by atoms with Gasteiger partial charge in [-0.25, -0.2) is 0 Å². The maximum Gasteiger partial charge on any atom is 0.0701 e. The van der Waals surface area contributed by atoms with Crippen LogP contribution in [0.1, 0.15) is 30.6 Å². The van der Waals surface area contributed by atoms with Gasteiger partial charge < -0.3 is 10.4 Å². The van der Waals surface area contributed by atoms with Gasteiger partial charge >= 0.3 is 0 Å². The Morgan fingerprint density at radius 1 is 1.44 bits per heavy atom. The van der Waals surface area contributed by atoms with Crippen LogP contribution in [0.5, 0.6) is 0 Å². The fraction of sp³-hybridized carbons (Fsp3) is 0.667. The minimum Gasteiger partial charge on any atom is -0.393 e. The monoisotopic (exact) mass is 303 g/mol. The molecule has 2 nitrogen and oxygen atoms in total. The van der Waals surface area contributed by atoms with Crippen molar-refractivity contribution >= 4 is 27.3 Å². The topological polar surface area (TPSA) is 32.3 Å². The van der Waals surface area contributed by atoms with Gasteiger partial charge in [-0.15, -0.1) is 11.3 Å². The number of aliphatic hydroxyl groups excluding tert-OH is 1. The smallest absolute Gasteiger partial charge is 0.0701 e. The number of hydrogen-bond donors (Lipinski definition) is 2. The third-order valence-electron chi connectivity index (χ3n) is 3.12. The van der Waals surface area contributed by atoms with E-state index in [1.807, 2.05) is 0 Å². The van der Waals surface area contributed by atoms with Crippen LogP contribution < -0.4 is 5.32 Å². The highest BCUT2D eigenvalue weighted by Crippen LogP contribution is 2.24. The summed E-state index contributed by atoms with van der Waals surface area (Å²) in [6.45, 7) is 1.98. The molecule has 0 aliphatic heterocycles. The predicted octanol–water partition coefficient (Wildman–Crippen LogP) is 3.15. The molecular formula is C12H18BrNOS. The lowest BCUT2D eigenvalue weighted by atomic mass is 9.87. The highest BCUT2D eigenvalue weighted by molar-refractivity contribution is 9.11. The summed E-state index contributed by atoms with van der Waals surface area (Å²) in [7, 11) is 0. The van der Waals surface area contributed by atoms with Crippen LogP contribution in [0.2, 0.25) is 0 Å². The first-order chi connectivity index (χ1) is 7.74. The zero-order valence-electron chi connectivity index (χ0n) is 9.29. The molecule has 0 spiro atoms. The van der Waals surface area contributed by atoms with Crippen LogP contribution in [0, 0.1) is 5.92 Å². The Balaban J connectivity index is 1.67. The zero-order chi connectivity index (χ0) is 11.4. The van der Waals surface area contributed by atoms with Crippen molar-refractivity contribution < 1.29 is 5.11 Å². The lowest BCUT2D eigenvalue weighted by Gasteiger charge is -2.25. The standard InChI is InChI=1S/C12H18BrNOS/c13-12-5-4-11(16-12)8-14-7-9-2-1-3-10(15)6-9/h4-5,9-10,14-15H,1-3,6-8H2.